The number of carbonyl (C=O) groups excluding carboxylic acids is 1. The Bertz CT molecular complexity index is 649. The molecular formula is C13H10N4O2. The number of benzene rings is 1. The van der Waals surface area contributed by atoms with E-state index in [9.17, 15) is 4.79 Å². The van der Waals surface area contributed by atoms with Gasteiger partial charge >= 0.3 is 5.97 Å². The van der Waals surface area contributed by atoms with E-state index < -0.39 is 5.97 Å². The van der Waals surface area contributed by atoms with E-state index in [1.165, 1.54) is 19.6 Å². The molecule has 0 spiro atoms. The van der Waals surface area contributed by atoms with Gasteiger partial charge in [0, 0.05) is 11.9 Å². The summed E-state index contributed by atoms with van der Waals surface area (Å²) >= 11 is 0. The lowest BCUT2D eigenvalue weighted by molar-refractivity contribution is 0.0601. The van der Waals surface area contributed by atoms with E-state index in [2.05, 4.69) is 20.0 Å². The molecule has 6 nitrogen and oxygen atoms in total. The summed E-state index contributed by atoms with van der Waals surface area (Å²) in [6.07, 6.45) is 2.69. The van der Waals surface area contributed by atoms with E-state index in [4.69, 9.17) is 5.26 Å². The van der Waals surface area contributed by atoms with Crippen molar-refractivity contribution in [1.82, 2.24) is 9.97 Å². The summed E-state index contributed by atoms with van der Waals surface area (Å²) in [5, 5.41) is 11.8. The summed E-state index contributed by atoms with van der Waals surface area (Å²) in [6.45, 7) is 0. The molecule has 19 heavy (non-hydrogen) atoms. The predicted molar refractivity (Wildman–Crippen MR) is 67.8 cm³/mol. The second kappa shape index (κ2) is 5.60. The number of esters is 1. The van der Waals surface area contributed by atoms with E-state index >= 15 is 0 Å². The maximum absolute atomic E-state index is 11.6. The fourth-order valence-electron chi connectivity index (χ4n) is 1.49. The zero-order valence-electron chi connectivity index (χ0n) is 10.1. The molecular weight excluding hydrogens is 244 g/mol. The summed E-state index contributed by atoms with van der Waals surface area (Å²) in [4.78, 5) is 19.3. The number of hydrogen-bond acceptors (Lipinski definition) is 6. The van der Waals surface area contributed by atoms with E-state index in [0.29, 0.717) is 17.1 Å². The number of methoxy groups -OCH3 is 1. The predicted octanol–water partition coefficient (Wildman–Crippen LogP) is 1.88. The second-order valence-corrected chi connectivity index (χ2v) is 3.59. The minimum atomic E-state index is -0.528. The lowest BCUT2D eigenvalue weighted by atomic mass is 10.2. The number of hydrogen-bond donors (Lipinski definition) is 1. The standard InChI is InChI=1S/C13H10N4O2/c1-19-13(18)11-7-15-8-16-12(11)17-10-4-2-3-9(5-10)6-14/h2-5,7-8H,1H3,(H,15,16,17). The molecule has 0 aliphatic rings. The SMILES string of the molecule is COC(=O)c1cncnc1Nc1cccc(C#N)c1. The first-order valence-electron chi connectivity index (χ1n) is 5.40. The molecule has 0 fully saturated rings. The van der Waals surface area contributed by atoms with Crippen LogP contribution in [0, 0.1) is 11.3 Å². The summed E-state index contributed by atoms with van der Waals surface area (Å²) < 4.78 is 4.65. The number of aromatic nitrogens is 2. The third-order valence-corrected chi connectivity index (χ3v) is 2.37. The highest BCUT2D eigenvalue weighted by atomic mass is 16.5. The highest BCUT2D eigenvalue weighted by Gasteiger charge is 2.13. The molecule has 0 saturated carbocycles. The van der Waals surface area contributed by atoms with Gasteiger partial charge in [-0.1, -0.05) is 6.07 Å². The third kappa shape index (κ3) is 2.84. The quantitative estimate of drug-likeness (QED) is 0.841. The van der Waals surface area contributed by atoms with Gasteiger partial charge in [0.05, 0.1) is 18.7 Å². The van der Waals surface area contributed by atoms with E-state index in [1.54, 1.807) is 24.3 Å². The van der Waals surface area contributed by atoms with Crippen molar-refractivity contribution in [3.63, 3.8) is 0 Å². The first-order chi connectivity index (χ1) is 9.24. The Labute approximate surface area is 109 Å². The van der Waals surface area contributed by atoms with Crippen LogP contribution in [0.1, 0.15) is 15.9 Å². The van der Waals surface area contributed by atoms with Crippen LogP contribution >= 0.6 is 0 Å². The van der Waals surface area contributed by atoms with Crippen LogP contribution in [0.5, 0.6) is 0 Å². The third-order valence-electron chi connectivity index (χ3n) is 2.37. The molecule has 0 aliphatic carbocycles. The maximum Gasteiger partial charge on any atom is 0.343 e. The van der Waals surface area contributed by atoms with Crippen LogP contribution in [0.25, 0.3) is 0 Å². The van der Waals surface area contributed by atoms with E-state index in [-0.39, 0.29) is 5.56 Å². The topological polar surface area (TPSA) is 87.9 Å². The van der Waals surface area contributed by atoms with Crippen molar-refractivity contribution in [2.24, 2.45) is 0 Å². The molecule has 1 aromatic carbocycles. The zero-order valence-corrected chi connectivity index (χ0v) is 10.1. The Balaban J connectivity index is 2.33. The molecule has 0 aliphatic heterocycles. The molecule has 1 N–H and O–H groups in total. The number of nitriles is 1. The van der Waals surface area contributed by atoms with Crippen LogP contribution in [-0.4, -0.2) is 23.0 Å². The molecule has 6 heteroatoms. The van der Waals surface area contributed by atoms with Gasteiger partial charge in [0.25, 0.3) is 0 Å². The fraction of sp³-hybridized carbons (Fsp3) is 0.0769. The van der Waals surface area contributed by atoms with Crippen molar-refractivity contribution in [1.29, 1.82) is 5.26 Å². The molecule has 1 heterocycles. The van der Waals surface area contributed by atoms with Crippen LogP contribution in [0.3, 0.4) is 0 Å². The van der Waals surface area contributed by atoms with Gasteiger partial charge in [-0.15, -0.1) is 0 Å². The van der Waals surface area contributed by atoms with Crippen molar-refractivity contribution in [2.75, 3.05) is 12.4 Å². The Kier molecular flexibility index (Phi) is 3.69. The maximum atomic E-state index is 11.6. The first-order valence-corrected chi connectivity index (χ1v) is 5.40. The molecule has 1 aromatic heterocycles. The van der Waals surface area contributed by atoms with Crippen molar-refractivity contribution in [3.05, 3.63) is 47.9 Å². The van der Waals surface area contributed by atoms with Gasteiger partial charge < -0.3 is 10.1 Å². The van der Waals surface area contributed by atoms with Gasteiger partial charge in [-0.25, -0.2) is 14.8 Å². The normalized spacial score (nSPS) is 9.47. The number of ether oxygens (including phenoxy) is 1. The number of carbonyl (C=O) groups is 1. The summed E-state index contributed by atoms with van der Waals surface area (Å²) in [5.74, 6) is -0.198. The van der Waals surface area contributed by atoms with Gasteiger partial charge in [-0.2, -0.15) is 5.26 Å². The zero-order chi connectivity index (χ0) is 13.7. The van der Waals surface area contributed by atoms with Crippen LogP contribution in [0.2, 0.25) is 0 Å². The van der Waals surface area contributed by atoms with Crippen LogP contribution in [-0.2, 0) is 4.74 Å². The summed E-state index contributed by atoms with van der Waals surface area (Å²) in [6, 6.07) is 8.88. The highest BCUT2D eigenvalue weighted by Crippen LogP contribution is 2.19. The van der Waals surface area contributed by atoms with Gasteiger partial charge in [-0.05, 0) is 18.2 Å². The Hall–Kier alpha value is -2.94. The van der Waals surface area contributed by atoms with Crippen molar-refractivity contribution in [3.8, 4) is 6.07 Å². The van der Waals surface area contributed by atoms with E-state index in [0.717, 1.165) is 0 Å². The minimum Gasteiger partial charge on any atom is -0.465 e. The largest absolute Gasteiger partial charge is 0.465 e. The van der Waals surface area contributed by atoms with Gasteiger partial charge in [0.1, 0.15) is 17.7 Å². The molecule has 0 amide bonds. The van der Waals surface area contributed by atoms with E-state index in [1.807, 2.05) is 6.07 Å². The highest BCUT2D eigenvalue weighted by molar-refractivity contribution is 5.94. The van der Waals surface area contributed by atoms with Crippen molar-refractivity contribution < 1.29 is 9.53 Å². The molecule has 94 valence electrons. The Morgan fingerprint density at radius 1 is 1.47 bits per heavy atom. The first kappa shape index (κ1) is 12.5. The Morgan fingerprint density at radius 3 is 3.05 bits per heavy atom. The van der Waals surface area contributed by atoms with Crippen molar-refractivity contribution in [2.45, 2.75) is 0 Å². The van der Waals surface area contributed by atoms with Crippen molar-refractivity contribution >= 4 is 17.5 Å². The summed E-state index contributed by atoms with van der Waals surface area (Å²) in [5.41, 5.74) is 1.40. The lowest BCUT2D eigenvalue weighted by Gasteiger charge is -2.08. The van der Waals surface area contributed by atoms with Gasteiger partial charge in [0.15, 0.2) is 0 Å². The number of anilines is 2. The molecule has 0 radical (unpaired) electrons. The summed E-state index contributed by atoms with van der Waals surface area (Å²) in [7, 11) is 1.29. The smallest absolute Gasteiger partial charge is 0.343 e. The molecule has 2 aromatic rings. The molecule has 0 saturated heterocycles. The van der Waals surface area contributed by atoms with Gasteiger partial charge in [-0.3, -0.25) is 0 Å². The average molecular weight is 254 g/mol. The van der Waals surface area contributed by atoms with Crippen LogP contribution < -0.4 is 5.32 Å². The number of rotatable bonds is 3. The monoisotopic (exact) mass is 254 g/mol. The minimum absolute atomic E-state index is 0.229. The van der Waals surface area contributed by atoms with Crippen LogP contribution in [0.15, 0.2) is 36.8 Å². The fourth-order valence-corrected chi connectivity index (χ4v) is 1.49. The average Bonchev–Trinajstić information content (AvgIpc) is 2.47. The number of nitrogens with one attached hydrogen (secondary N) is 1. The molecule has 2 rings (SSSR count). The molecule has 0 bridgehead atoms. The lowest BCUT2D eigenvalue weighted by Crippen LogP contribution is -2.08. The molecule has 0 unspecified atom stereocenters. The van der Waals surface area contributed by atoms with Crippen LogP contribution in [0.4, 0.5) is 11.5 Å². The second-order valence-electron chi connectivity index (χ2n) is 3.59. The van der Waals surface area contributed by atoms with Gasteiger partial charge in [0.2, 0.25) is 0 Å². The number of nitrogens with zero attached hydrogens (tertiary/aromatic N) is 3. The molecule has 0 atom stereocenters. The Morgan fingerprint density at radius 2 is 2.32 bits per heavy atom.